The molecule has 0 bridgehead atoms. The summed E-state index contributed by atoms with van der Waals surface area (Å²) in [5, 5.41) is 2.90. The Balaban J connectivity index is 2.02. The summed E-state index contributed by atoms with van der Waals surface area (Å²) in [5.74, 6) is 1.46. The van der Waals surface area contributed by atoms with Gasteiger partial charge in [0, 0.05) is 13.2 Å². The molecule has 2 rings (SSSR count). The number of ether oxygens (including phenoxy) is 1. The van der Waals surface area contributed by atoms with Crippen molar-refractivity contribution >= 4 is 5.95 Å². The molecule has 1 N–H and O–H groups in total. The maximum absolute atomic E-state index is 5.65. The number of aromatic nitrogens is 2. The fourth-order valence-corrected chi connectivity index (χ4v) is 1.46. The van der Waals surface area contributed by atoms with Gasteiger partial charge in [0.15, 0.2) is 0 Å². The van der Waals surface area contributed by atoms with Crippen LogP contribution in [-0.2, 0) is 6.61 Å². The Bertz CT molecular complexity index is 500. The van der Waals surface area contributed by atoms with Gasteiger partial charge in [-0.1, -0.05) is 12.1 Å². The first-order valence-corrected chi connectivity index (χ1v) is 5.47. The maximum atomic E-state index is 5.65. The van der Waals surface area contributed by atoms with E-state index in [1.54, 1.807) is 13.2 Å². The van der Waals surface area contributed by atoms with Crippen LogP contribution in [0.2, 0.25) is 0 Å². The van der Waals surface area contributed by atoms with E-state index in [1.807, 2.05) is 37.3 Å². The second kappa shape index (κ2) is 5.30. The molecule has 1 heterocycles. The van der Waals surface area contributed by atoms with E-state index in [0.29, 0.717) is 12.6 Å². The summed E-state index contributed by atoms with van der Waals surface area (Å²) >= 11 is 0. The van der Waals surface area contributed by atoms with Gasteiger partial charge in [0.25, 0.3) is 0 Å². The van der Waals surface area contributed by atoms with Crippen LogP contribution in [0.5, 0.6) is 5.75 Å². The van der Waals surface area contributed by atoms with Crippen LogP contribution in [0.3, 0.4) is 0 Å². The number of hydrogen-bond acceptors (Lipinski definition) is 4. The highest BCUT2D eigenvalue weighted by molar-refractivity contribution is 5.28. The lowest BCUT2D eigenvalue weighted by Gasteiger charge is -2.07. The van der Waals surface area contributed by atoms with Gasteiger partial charge in [-0.2, -0.15) is 0 Å². The number of nitrogens with one attached hydrogen (secondary N) is 1. The Morgan fingerprint density at radius 2 is 2.18 bits per heavy atom. The summed E-state index contributed by atoms with van der Waals surface area (Å²) in [4.78, 5) is 8.33. The molecule has 0 aliphatic rings. The minimum atomic E-state index is 0.445. The van der Waals surface area contributed by atoms with Gasteiger partial charge >= 0.3 is 0 Å². The first-order valence-electron chi connectivity index (χ1n) is 5.47. The van der Waals surface area contributed by atoms with Gasteiger partial charge in [-0.05, 0) is 30.7 Å². The molecule has 0 unspecified atom stereocenters. The minimum Gasteiger partial charge on any atom is -0.487 e. The molecule has 0 radical (unpaired) electrons. The smallest absolute Gasteiger partial charge is 0.222 e. The van der Waals surface area contributed by atoms with Gasteiger partial charge in [-0.25, -0.2) is 9.97 Å². The van der Waals surface area contributed by atoms with Crippen LogP contribution in [0.25, 0.3) is 0 Å². The molecule has 17 heavy (non-hydrogen) atoms. The Morgan fingerprint density at radius 3 is 2.94 bits per heavy atom. The molecule has 0 aliphatic carbocycles. The van der Waals surface area contributed by atoms with Crippen LogP contribution >= 0.6 is 0 Å². The van der Waals surface area contributed by atoms with Gasteiger partial charge < -0.3 is 10.1 Å². The van der Waals surface area contributed by atoms with E-state index in [0.717, 1.165) is 11.4 Å². The molecule has 0 saturated heterocycles. The van der Waals surface area contributed by atoms with Gasteiger partial charge in [-0.3, -0.25) is 0 Å². The van der Waals surface area contributed by atoms with E-state index < -0.39 is 0 Å². The van der Waals surface area contributed by atoms with Crippen LogP contribution in [0.4, 0.5) is 5.95 Å². The highest BCUT2D eigenvalue weighted by Crippen LogP contribution is 2.14. The van der Waals surface area contributed by atoms with Crippen molar-refractivity contribution in [1.82, 2.24) is 9.97 Å². The molecule has 4 heteroatoms. The molecule has 88 valence electrons. The molecule has 0 saturated carbocycles. The fraction of sp³-hybridized carbons (Fsp3) is 0.231. The third-order valence-corrected chi connectivity index (χ3v) is 2.31. The topological polar surface area (TPSA) is 47.0 Å². The van der Waals surface area contributed by atoms with Crippen molar-refractivity contribution in [2.24, 2.45) is 0 Å². The largest absolute Gasteiger partial charge is 0.487 e. The molecule has 0 atom stereocenters. The van der Waals surface area contributed by atoms with Crippen LogP contribution in [-0.4, -0.2) is 17.0 Å². The van der Waals surface area contributed by atoms with E-state index in [4.69, 9.17) is 4.74 Å². The standard InChI is InChI=1S/C13H15N3O/c1-10-4-3-5-12(8-10)17-9-11-6-7-15-13(14-2)16-11/h3-8H,9H2,1-2H3,(H,14,15,16). The highest BCUT2D eigenvalue weighted by atomic mass is 16.5. The number of hydrogen-bond donors (Lipinski definition) is 1. The van der Waals surface area contributed by atoms with Crippen molar-refractivity contribution in [2.75, 3.05) is 12.4 Å². The van der Waals surface area contributed by atoms with Crippen LogP contribution in [0.15, 0.2) is 36.5 Å². The lowest BCUT2D eigenvalue weighted by atomic mass is 10.2. The quantitative estimate of drug-likeness (QED) is 0.874. The fourth-order valence-electron chi connectivity index (χ4n) is 1.46. The second-order valence-electron chi connectivity index (χ2n) is 3.73. The lowest BCUT2D eigenvalue weighted by Crippen LogP contribution is -2.02. The molecule has 1 aromatic carbocycles. The zero-order valence-electron chi connectivity index (χ0n) is 9.97. The number of anilines is 1. The molecule has 2 aromatic rings. The van der Waals surface area contributed by atoms with Crippen LogP contribution in [0, 0.1) is 6.92 Å². The molecular formula is C13H15N3O. The third kappa shape index (κ3) is 3.17. The normalized spacial score (nSPS) is 10.0. The number of aryl methyl sites for hydroxylation is 1. The van der Waals surface area contributed by atoms with Gasteiger partial charge in [-0.15, -0.1) is 0 Å². The van der Waals surface area contributed by atoms with E-state index in [1.165, 1.54) is 5.56 Å². The number of benzene rings is 1. The number of rotatable bonds is 4. The Hall–Kier alpha value is -2.10. The van der Waals surface area contributed by atoms with Crippen molar-refractivity contribution in [1.29, 1.82) is 0 Å². The summed E-state index contributed by atoms with van der Waals surface area (Å²) in [5.41, 5.74) is 2.03. The molecule has 1 aromatic heterocycles. The zero-order chi connectivity index (χ0) is 12.1. The first kappa shape index (κ1) is 11.4. The van der Waals surface area contributed by atoms with Crippen molar-refractivity contribution in [3.05, 3.63) is 47.8 Å². The second-order valence-corrected chi connectivity index (χ2v) is 3.73. The van der Waals surface area contributed by atoms with E-state index >= 15 is 0 Å². The third-order valence-electron chi connectivity index (χ3n) is 2.31. The van der Waals surface area contributed by atoms with Gasteiger partial charge in [0.05, 0.1) is 5.69 Å². The van der Waals surface area contributed by atoms with Crippen LogP contribution < -0.4 is 10.1 Å². The monoisotopic (exact) mass is 229 g/mol. The zero-order valence-corrected chi connectivity index (χ0v) is 9.97. The van der Waals surface area contributed by atoms with E-state index in [9.17, 15) is 0 Å². The Kier molecular flexibility index (Phi) is 3.55. The van der Waals surface area contributed by atoms with E-state index in [2.05, 4.69) is 15.3 Å². The predicted octanol–water partition coefficient (Wildman–Crippen LogP) is 2.41. The summed E-state index contributed by atoms with van der Waals surface area (Å²) in [6.07, 6.45) is 1.72. The Labute approximate surface area is 101 Å². The van der Waals surface area contributed by atoms with Gasteiger partial charge in [0.1, 0.15) is 12.4 Å². The SMILES string of the molecule is CNc1nccc(COc2cccc(C)c2)n1. The summed E-state index contributed by atoms with van der Waals surface area (Å²) in [6, 6.07) is 9.80. The minimum absolute atomic E-state index is 0.445. The molecule has 0 aliphatic heterocycles. The molecule has 0 spiro atoms. The van der Waals surface area contributed by atoms with Crippen LogP contribution in [0.1, 0.15) is 11.3 Å². The Morgan fingerprint density at radius 1 is 1.29 bits per heavy atom. The van der Waals surface area contributed by atoms with Gasteiger partial charge in [0.2, 0.25) is 5.95 Å². The number of nitrogens with zero attached hydrogens (tertiary/aromatic N) is 2. The van der Waals surface area contributed by atoms with Crippen molar-refractivity contribution in [2.45, 2.75) is 13.5 Å². The van der Waals surface area contributed by atoms with Crippen molar-refractivity contribution in [3.63, 3.8) is 0 Å². The molecular weight excluding hydrogens is 214 g/mol. The van der Waals surface area contributed by atoms with E-state index in [-0.39, 0.29) is 0 Å². The maximum Gasteiger partial charge on any atom is 0.222 e. The summed E-state index contributed by atoms with van der Waals surface area (Å²) in [7, 11) is 1.79. The van der Waals surface area contributed by atoms with Crippen molar-refractivity contribution in [3.8, 4) is 5.75 Å². The lowest BCUT2D eigenvalue weighted by molar-refractivity contribution is 0.301. The van der Waals surface area contributed by atoms with Crippen molar-refractivity contribution < 1.29 is 4.74 Å². The summed E-state index contributed by atoms with van der Waals surface area (Å²) in [6.45, 7) is 2.48. The molecule has 4 nitrogen and oxygen atoms in total. The summed E-state index contributed by atoms with van der Waals surface area (Å²) < 4.78 is 5.65. The first-order chi connectivity index (χ1) is 8.28. The molecule has 0 amide bonds. The predicted molar refractivity (Wildman–Crippen MR) is 67.1 cm³/mol. The average Bonchev–Trinajstić information content (AvgIpc) is 2.37. The molecule has 0 fully saturated rings. The average molecular weight is 229 g/mol. The highest BCUT2D eigenvalue weighted by Gasteiger charge is 1.99.